The van der Waals surface area contributed by atoms with E-state index in [2.05, 4.69) is 27.8 Å². The van der Waals surface area contributed by atoms with Crippen LogP contribution in [0.15, 0.2) is 41.3 Å². The van der Waals surface area contributed by atoms with Crippen molar-refractivity contribution in [3.63, 3.8) is 0 Å². The van der Waals surface area contributed by atoms with E-state index in [1.807, 2.05) is 35.9 Å². The molecule has 4 nitrogen and oxygen atoms in total. The third-order valence-corrected chi connectivity index (χ3v) is 3.52. The van der Waals surface area contributed by atoms with E-state index >= 15 is 0 Å². The van der Waals surface area contributed by atoms with Gasteiger partial charge >= 0.3 is 0 Å². The van der Waals surface area contributed by atoms with E-state index in [1.54, 1.807) is 17.3 Å². The van der Waals surface area contributed by atoms with Crippen LogP contribution >= 0.6 is 15.9 Å². The topological polar surface area (TPSA) is 38.1 Å². The average Bonchev–Trinajstić information content (AvgIpc) is 2.82. The molecule has 2 heterocycles. The largest absolute Gasteiger partial charge is 0.342 e. The Balaban J connectivity index is 2.34. The molecule has 0 aromatic carbocycles. The number of rotatable bonds is 5. The summed E-state index contributed by atoms with van der Waals surface area (Å²) < 4.78 is 2.93. The number of hydrogen-bond donors (Lipinski definition) is 0. The molecule has 2 rings (SSSR count). The van der Waals surface area contributed by atoms with Gasteiger partial charge in [0.1, 0.15) is 5.69 Å². The van der Waals surface area contributed by atoms with Gasteiger partial charge in [0.05, 0.1) is 0 Å². The van der Waals surface area contributed by atoms with Crippen LogP contribution in [0.2, 0.25) is 0 Å². The Morgan fingerprint density at radius 3 is 2.65 bits per heavy atom. The number of aryl methyl sites for hydroxylation is 1. The van der Waals surface area contributed by atoms with Crippen LogP contribution in [0.4, 0.5) is 5.69 Å². The van der Waals surface area contributed by atoms with Gasteiger partial charge in [-0.15, -0.1) is 0 Å². The summed E-state index contributed by atoms with van der Waals surface area (Å²) in [5.41, 5.74) is 1.57. The lowest BCUT2D eigenvalue weighted by Crippen LogP contribution is -2.32. The summed E-state index contributed by atoms with van der Waals surface area (Å²) >= 11 is 3.45. The van der Waals surface area contributed by atoms with Crippen molar-refractivity contribution in [1.82, 2.24) is 9.55 Å². The van der Waals surface area contributed by atoms with Gasteiger partial charge in [0.15, 0.2) is 0 Å². The molecule has 0 bridgehead atoms. The smallest absolute Gasteiger partial charge is 0.274 e. The van der Waals surface area contributed by atoms with Crippen LogP contribution < -0.4 is 4.90 Å². The van der Waals surface area contributed by atoms with E-state index in [0.29, 0.717) is 12.2 Å². The third-order valence-electron chi connectivity index (χ3n) is 3.08. The highest BCUT2D eigenvalue weighted by Crippen LogP contribution is 2.20. The van der Waals surface area contributed by atoms with Crippen molar-refractivity contribution in [3.05, 3.63) is 47.0 Å². The van der Waals surface area contributed by atoms with Gasteiger partial charge in [0.2, 0.25) is 0 Å². The Morgan fingerprint density at radius 1 is 1.35 bits per heavy atom. The monoisotopic (exact) mass is 335 g/mol. The van der Waals surface area contributed by atoms with Gasteiger partial charge in [-0.3, -0.25) is 9.78 Å². The first-order chi connectivity index (χ1) is 9.67. The average molecular weight is 336 g/mol. The highest BCUT2D eigenvalue weighted by molar-refractivity contribution is 9.10. The fraction of sp³-hybridized carbons (Fsp3) is 0.333. The quantitative estimate of drug-likeness (QED) is 0.835. The van der Waals surface area contributed by atoms with Crippen LogP contribution in [0, 0.1) is 0 Å². The second-order valence-corrected chi connectivity index (χ2v) is 5.41. The molecule has 2 aromatic rings. The molecule has 0 aliphatic rings. The summed E-state index contributed by atoms with van der Waals surface area (Å²) in [6, 6.07) is 5.58. The highest BCUT2D eigenvalue weighted by Gasteiger charge is 2.20. The number of pyridine rings is 1. The maximum absolute atomic E-state index is 12.7. The van der Waals surface area contributed by atoms with Gasteiger partial charge in [-0.05, 0) is 47.5 Å². The predicted molar refractivity (Wildman–Crippen MR) is 84.0 cm³/mol. The normalized spacial score (nSPS) is 10.6. The highest BCUT2D eigenvalue weighted by atomic mass is 79.9. The number of anilines is 1. The molecular weight excluding hydrogens is 318 g/mol. The molecule has 0 atom stereocenters. The molecule has 0 aliphatic heterocycles. The standard InChI is InChI=1S/C15H18BrN3O/c1-3-9-18-11-12(16)10-14(18)15(20)19(4-2)13-5-7-17-8-6-13/h5-8,10-11H,3-4,9H2,1-2H3. The minimum atomic E-state index is 0.0119. The van der Waals surface area contributed by atoms with Crippen LogP contribution in [0.3, 0.4) is 0 Å². The minimum absolute atomic E-state index is 0.0119. The molecular formula is C15H18BrN3O. The predicted octanol–water partition coefficient (Wildman–Crippen LogP) is 3.72. The zero-order valence-electron chi connectivity index (χ0n) is 11.7. The van der Waals surface area contributed by atoms with E-state index in [0.717, 1.165) is 23.1 Å². The second-order valence-electron chi connectivity index (χ2n) is 4.49. The zero-order valence-corrected chi connectivity index (χ0v) is 13.3. The summed E-state index contributed by atoms with van der Waals surface area (Å²) in [5.74, 6) is 0.0119. The first kappa shape index (κ1) is 14.8. The SMILES string of the molecule is CCCn1cc(Br)cc1C(=O)N(CC)c1ccncc1. The minimum Gasteiger partial charge on any atom is -0.342 e. The summed E-state index contributed by atoms with van der Waals surface area (Å²) in [4.78, 5) is 18.5. The van der Waals surface area contributed by atoms with Gasteiger partial charge in [-0.25, -0.2) is 0 Å². The van der Waals surface area contributed by atoms with E-state index in [1.165, 1.54) is 0 Å². The molecule has 20 heavy (non-hydrogen) atoms. The van der Waals surface area contributed by atoms with Crippen molar-refractivity contribution in [2.45, 2.75) is 26.8 Å². The molecule has 0 radical (unpaired) electrons. The van der Waals surface area contributed by atoms with E-state index in [4.69, 9.17) is 0 Å². The van der Waals surface area contributed by atoms with Gasteiger partial charge in [-0.1, -0.05) is 6.92 Å². The first-order valence-electron chi connectivity index (χ1n) is 6.75. The van der Waals surface area contributed by atoms with Crippen LogP contribution in [0.5, 0.6) is 0 Å². The molecule has 0 N–H and O–H groups in total. The lowest BCUT2D eigenvalue weighted by atomic mass is 10.3. The van der Waals surface area contributed by atoms with Crippen LogP contribution in [0.25, 0.3) is 0 Å². The molecule has 1 amide bonds. The van der Waals surface area contributed by atoms with Crippen LogP contribution in [-0.4, -0.2) is 22.0 Å². The number of carbonyl (C=O) groups is 1. The van der Waals surface area contributed by atoms with Crippen molar-refractivity contribution in [2.75, 3.05) is 11.4 Å². The number of aromatic nitrogens is 2. The zero-order chi connectivity index (χ0) is 14.5. The molecule has 0 saturated heterocycles. The van der Waals surface area contributed by atoms with Crippen molar-refractivity contribution in [2.24, 2.45) is 0 Å². The molecule has 5 heteroatoms. The van der Waals surface area contributed by atoms with Gasteiger partial charge in [0, 0.05) is 41.8 Å². The molecule has 0 aliphatic carbocycles. The Bertz CT molecular complexity index is 580. The van der Waals surface area contributed by atoms with Crippen LogP contribution in [0.1, 0.15) is 30.8 Å². The number of carbonyl (C=O) groups excluding carboxylic acids is 1. The molecule has 0 unspecified atom stereocenters. The van der Waals surface area contributed by atoms with E-state index < -0.39 is 0 Å². The van der Waals surface area contributed by atoms with E-state index in [9.17, 15) is 4.79 Å². The number of nitrogens with zero attached hydrogens (tertiary/aromatic N) is 3. The van der Waals surface area contributed by atoms with Gasteiger partial charge in [0.25, 0.3) is 5.91 Å². The lowest BCUT2D eigenvalue weighted by Gasteiger charge is -2.21. The number of halogens is 1. The third kappa shape index (κ3) is 3.10. The van der Waals surface area contributed by atoms with Crippen molar-refractivity contribution >= 4 is 27.5 Å². The van der Waals surface area contributed by atoms with Crippen molar-refractivity contribution in [3.8, 4) is 0 Å². The molecule has 0 spiro atoms. The molecule has 106 valence electrons. The van der Waals surface area contributed by atoms with E-state index in [-0.39, 0.29) is 5.91 Å². The van der Waals surface area contributed by atoms with Gasteiger partial charge < -0.3 is 9.47 Å². The Morgan fingerprint density at radius 2 is 2.05 bits per heavy atom. The number of hydrogen-bond acceptors (Lipinski definition) is 2. The Kier molecular flexibility index (Phi) is 4.95. The lowest BCUT2D eigenvalue weighted by molar-refractivity contribution is 0.0979. The summed E-state index contributed by atoms with van der Waals surface area (Å²) in [5, 5.41) is 0. The molecule has 2 aromatic heterocycles. The molecule has 0 saturated carbocycles. The fourth-order valence-electron chi connectivity index (χ4n) is 2.19. The van der Waals surface area contributed by atoms with Crippen molar-refractivity contribution in [1.29, 1.82) is 0 Å². The Hall–Kier alpha value is -1.62. The fourth-order valence-corrected chi connectivity index (χ4v) is 2.65. The first-order valence-corrected chi connectivity index (χ1v) is 7.54. The summed E-state index contributed by atoms with van der Waals surface area (Å²) in [7, 11) is 0. The summed E-state index contributed by atoms with van der Waals surface area (Å²) in [6.45, 7) is 5.53. The van der Waals surface area contributed by atoms with Crippen LogP contribution in [-0.2, 0) is 6.54 Å². The second kappa shape index (κ2) is 6.70. The molecule has 0 fully saturated rings. The van der Waals surface area contributed by atoms with Crippen molar-refractivity contribution < 1.29 is 4.79 Å². The maximum Gasteiger partial charge on any atom is 0.274 e. The number of amides is 1. The summed E-state index contributed by atoms with van der Waals surface area (Å²) in [6.07, 6.45) is 6.35. The maximum atomic E-state index is 12.7. The Labute approximate surface area is 127 Å². The van der Waals surface area contributed by atoms with Gasteiger partial charge in [-0.2, -0.15) is 0 Å².